The molecule has 4 aliphatic rings. The zero-order valence-electron chi connectivity index (χ0n) is 23.9. The minimum absolute atomic E-state index is 0.00837. The van der Waals surface area contributed by atoms with Gasteiger partial charge in [0.25, 0.3) is 0 Å². The molecule has 8 atom stereocenters. The van der Waals surface area contributed by atoms with Crippen LogP contribution in [-0.4, -0.2) is 49.1 Å². The average molecular weight is 530 g/mol. The van der Waals surface area contributed by atoms with E-state index in [1.54, 1.807) is 6.26 Å². The Balaban J connectivity index is 1.23. The third-order valence-corrected chi connectivity index (χ3v) is 12.0. The summed E-state index contributed by atoms with van der Waals surface area (Å²) in [6.45, 7) is 12.8. The van der Waals surface area contributed by atoms with Crippen molar-refractivity contribution in [2.45, 2.75) is 103 Å². The van der Waals surface area contributed by atoms with Crippen molar-refractivity contribution in [3.05, 3.63) is 34.4 Å². The van der Waals surface area contributed by atoms with Gasteiger partial charge in [0, 0.05) is 11.5 Å². The summed E-state index contributed by atoms with van der Waals surface area (Å²) in [7, 11) is 0. The minimum Gasteiger partial charge on any atom is -0.446 e. The molecule has 0 radical (unpaired) electrons. The molecule has 5 rings (SSSR count). The van der Waals surface area contributed by atoms with Gasteiger partial charge in [0.2, 0.25) is 0 Å². The Morgan fingerprint density at radius 3 is 2.58 bits per heavy atom. The van der Waals surface area contributed by atoms with E-state index in [0.29, 0.717) is 24.3 Å². The Labute approximate surface area is 227 Å². The topological polar surface area (TPSA) is 93.2 Å². The van der Waals surface area contributed by atoms with Gasteiger partial charge in [-0.3, -0.25) is 0 Å². The van der Waals surface area contributed by atoms with E-state index >= 15 is 0 Å². The SMILES string of the molecule is CC[NH+](CC)CCNC(=O)O[C@H]1CC[C@@]2(C)[C@H](CC[C@@H]3[C@@H]2CC[C@]2(C)[C@@H](c4ccc(=O)oc4)CC[C@]32O)C1. The first-order valence-corrected chi connectivity index (χ1v) is 15.2. The van der Waals surface area contributed by atoms with Crippen LogP contribution in [-0.2, 0) is 4.74 Å². The fourth-order valence-corrected chi connectivity index (χ4v) is 9.53. The summed E-state index contributed by atoms with van der Waals surface area (Å²) in [6.07, 6.45) is 10.3. The van der Waals surface area contributed by atoms with Gasteiger partial charge in [-0.2, -0.15) is 0 Å². The predicted molar refractivity (Wildman–Crippen MR) is 146 cm³/mol. The minimum atomic E-state index is -0.690. The molecule has 1 heterocycles. The van der Waals surface area contributed by atoms with E-state index in [-0.39, 0.29) is 34.6 Å². The molecular formula is C31H49N2O5+. The lowest BCUT2D eigenvalue weighted by Crippen LogP contribution is -3.12. The highest BCUT2D eigenvalue weighted by Gasteiger charge is 2.67. The first kappa shape index (κ1) is 27.7. The Bertz CT molecular complexity index is 1030. The molecule has 0 saturated heterocycles. The van der Waals surface area contributed by atoms with Crippen LogP contribution < -0.4 is 15.8 Å². The van der Waals surface area contributed by atoms with Gasteiger partial charge in [-0.05, 0) is 112 Å². The van der Waals surface area contributed by atoms with Crippen molar-refractivity contribution in [3.63, 3.8) is 0 Å². The number of likely N-dealkylation sites (N-methyl/N-ethyl adjacent to an activating group) is 1. The van der Waals surface area contributed by atoms with E-state index in [1.165, 1.54) is 11.0 Å². The van der Waals surface area contributed by atoms with Crippen LogP contribution in [0.5, 0.6) is 0 Å². The summed E-state index contributed by atoms with van der Waals surface area (Å²) < 4.78 is 11.1. The van der Waals surface area contributed by atoms with E-state index in [2.05, 4.69) is 33.0 Å². The highest BCUT2D eigenvalue weighted by Crippen LogP contribution is 2.70. The Morgan fingerprint density at radius 1 is 1.08 bits per heavy atom. The molecule has 7 heteroatoms. The lowest BCUT2D eigenvalue weighted by atomic mass is 9.43. The molecule has 0 aromatic carbocycles. The lowest BCUT2D eigenvalue weighted by Gasteiger charge is -2.63. The summed E-state index contributed by atoms with van der Waals surface area (Å²) in [6, 6.07) is 3.42. The zero-order chi connectivity index (χ0) is 27.1. The molecule has 1 amide bonds. The Hall–Kier alpha value is -1.86. The number of ether oxygens (including phenoxy) is 1. The van der Waals surface area contributed by atoms with Crippen LogP contribution in [0.1, 0.15) is 97.0 Å². The zero-order valence-corrected chi connectivity index (χ0v) is 23.9. The number of fused-ring (bicyclic) bond motifs is 5. The summed E-state index contributed by atoms with van der Waals surface area (Å²) in [4.78, 5) is 25.5. The fraction of sp³-hybridized carbons (Fsp3) is 0.806. The maximum absolute atomic E-state index is 12.5. The Morgan fingerprint density at radius 2 is 1.87 bits per heavy atom. The maximum Gasteiger partial charge on any atom is 0.407 e. The number of quaternary nitrogens is 1. The average Bonchev–Trinajstić information content (AvgIpc) is 3.18. The van der Waals surface area contributed by atoms with Crippen molar-refractivity contribution in [2.75, 3.05) is 26.2 Å². The van der Waals surface area contributed by atoms with Gasteiger partial charge in [0.05, 0.1) is 38.0 Å². The molecule has 0 bridgehead atoms. The first-order chi connectivity index (χ1) is 18.1. The molecule has 212 valence electrons. The fourth-order valence-electron chi connectivity index (χ4n) is 9.53. The molecule has 38 heavy (non-hydrogen) atoms. The molecule has 1 aromatic heterocycles. The Kier molecular flexibility index (Phi) is 7.73. The van der Waals surface area contributed by atoms with Crippen molar-refractivity contribution < 1.29 is 24.0 Å². The predicted octanol–water partition coefficient (Wildman–Crippen LogP) is 3.90. The number of carbonyl (C=O) groups excluding carboxylic acids is 1. The molecule has 3 N–H and O–H groups in total. The van der Waals surface area contributed by atoms with E-state index < -0.39 is 5.60 Å². The third kappa shape index (κ3) is 4.61. The van der Waals surface area contributed by atoms with Gasteiger partial charge in [-0.1, -0.05) is 13.8 Å². The number of rotatable bonds is 7. The molecule has 0 unspecified atom stereocenters. The number of hydrogen-bond acceptors (Lipinski definition) is 5. The molecule has 1 aromatic rings. The van der Waals surface area contributed by atoms with Gasteiger partial charge in [0.15, 0.2) is 0 Å². The quantitative estimate of drug-likeness (QED) is 0.498. The van der Waals surface area contributed by atoms with Crippen molar-refractivity contribution in [3.8, 4) is 0 Å². The molecule has 0 spiro atoms. The van der Waals surface area contributed by atoms with Crippen LogP contribution in [0.4, 0.5) is 4.79 Å². The van der Waals surface area contributed by atoms with Gasteiger partial charge in [-0.25, -0.2) is 9.59 Å². The number of aliphatic hydroxyl groups is 1. The molecule has 7 nitrogen and oxygen atoms in total. The molecular weight excluding hydrogens is 480 g/mol. The van der Waals surface area contributed by atoms with Crippen LogP contribution in [0.25, 0.3) is 0 Å². The number of carbonyl (C=O) groups is 1. The van der Waals surface area contributed by atoms with E-state index in [9.17, 15) is 14.7 Å². The number of nitrogens with one attached hydrogen (secondary N) is 2. The van der Waals surface area contributed by atoms with Gasteiger partial charge in [-0.15, -0.1) is 0 Å². The summed E-state index contributed by atoms with van der Waals surface area (Å²) in [5.41, 5.74) is 0.0171. The van der Waals surface area contributed by atoms with Gasteiger partial charge >= 0.3 is 11.7 Å². The number of amides is 1. The number of alkyl carbamates (subject to hydrolysis) is 1. The van der Waals surface area contributed by atoms with Crippen LogP contribution in [0, 0.1) is 28.6 Å². The van der Waals surface area contributed by atoms with Gasteiger partial charge in [0.1, 0.15) is 6.10 Å². The standard InChI is InChI=1S/C31H48N2O5/c1-5-33(6-2)18-17-32-28(35)38-23-11-14-29(3)22(19-23)8-9-26-25(29)12-15-30(4)24(13-16-31(26,30)36)21-7-10-27(34)37-20-21/h7,10,20,22-26,36H,5-6,8-9,11-19H2,1-4H3,(H,32,35)/p+1/t22-,23+,24-,25+,26-,29+,30-,31+/m1/s1. The second-order valence-corrected chi connectivity index (χ2v) is 13.3. The summed E-state index contributed by atoms with van der Waals surface area (Å²) in [5, 5.41) is 15.4. The number of hydrogen-bond donors (Lipinski definition) is 3. The molecule has 4 aliphatic carbocycles. The molecule has 4 saturated carbocycles. The smallest absolute Gasteiger partial charge is 0.407 e. The molecule has 0 aliphatic heterocycles. The van der Waals surface area contributed by atoms with Crippen molar-refractivity contribution in [1.82, 2.24) is 5.32 Å². The molecule has 4 fully saturated rings. The highest BCUT2D eigenvalue weighted by molar-refractivity contribution is 5.67. The van der Waals surface area contributed by atoms with E-state index in [1.807, 2.05) is 6.07 Å². The van der Waals surface area contributed by atoms with E-state index in [0.717, 1.165) is 83.0 Å². The van der Waals surface area contributed by atoms with Crippen LogP contribution >= 0.6 is 0 Å². The van der Waals surface area contributed by atoms with E-state index in [4.69, 9.17) is 9.15 Å². The van der Waals surface area contributed by atoms with Crippen LogP contribution in [0.15, 0.2) is 27.6 Å². The van der Waals surface area contributed by atoms with Crippen LogP contribution in [0.2, 0.25) is 0 Å². The van der Waals surface area contributed by atoms with Crippen LogP contribution in [0.3, 0.4) is 0 Å². The van der Waals surface area contributed by atoms with Crippen molar-refractivity contribution in [1.29, 1.82) is 0 Å². The summed E-state index contributed by atoms with van der Waals surface area (Å²) in [5.74, 6) is 1.54. The first-order valence-electron chi connectivity index (χ1n) is 15.2. The van der Waals surface area contributed by atoms with Crippen molar-refractivity contribution >= 4 is 6.09 Å². The highest BCUT2D eigenvalue weighted by atomic mass is 16.6. The third-order valence-electron chi connectivity index (χ3n) is 12.0. The second-order valence-electron chi connectivity index (χ2n) is 13.3. The lowest BCUT2D eigenvalue weighted by molar-refractivity contribution is -0.895. The second kappa shape index (κ2) is 10.6. The van der Waals surface area contributed by atoms with Gasteiger partial charge < -0.3 is 24.5 Å². The maximum atomic E-state index is 12.5. The monoisotopic (exact) mass is 529 g/mol. The van der Waals surface area contributed by atoms with Crippen molar-refractivity contribution in [2.24, 2.45) is 28.6 Å². The summed E-state index contributed by atoms with van der Waals surface area (Å²) >= 11 is 0. The normalized spacial score (nSPS) is 40.2. The largest absolute Gasteiger partial charge is 0.446 e.